The van der Waals surface area contributed by atoms with Crippen molar-refractivity contribution >= 4 is 5.97 Å². The van der Waals surface area contributed by atoms with Crippen LogP contribution in [0.3, 0.4) is 0 Å². The first-order chi connectivity index (χ1) is 6.74. The van der Waals surface area contributed by atoms with E-state index in [2.05, 4.69) is 5.48 Å². The molecule has 0 radical (unpaired) electrons. The van der Waals surface area contributed by atoms with Crippen LogP contribution in [-0.2, 0) is 9.63 Å². The minimum Gasteiger partial charge on any atom is -0.480 e. The summed E-state index contributed by atoms with van der Waals surface area (Å²) in [6, 6.07) is -0.555. The van der Waals surface area contributed by atoms with E-state index in [0.29, 0.717) is 6.42 Å². The molecule has 0 amide bonds. The molecule has 1 rings (SSSR count). The fraction of sp³-hybridized carbons (Fsp3) is 0.900. The quantitative estimate of drug-likeness (QED) is 0.642. The summed E-state index contributed by atoms with van der Waals surface area (Å²) in [5.74, 6) is -0.829. The van der Waals surface area contributed by atoms with Gasteiger partial charge in [-0.1, -0.05) is 26.2 Å². The van der Waals surface area contributed by atoms with Gasteiger partial charge in [-0.3, -0.25) is 9.63 Å². The van der Waals surface area contributed by atoms with Crippen LogP contribution in [0, 0.1) is 0 Å². The highest BCUT2D eigenvalue weighted by molar-refractivity contribution is 5.73. The molecule has 0 aliphatic heterocycles. The molecular weight excluding hydrogens is 182 g/mol. The highest BCUT2D eigenvalue weighted by Crippen LogP contribution is 2.20. The summed E-state index contributed by atoms with van der Waals surface area (Å²) < 4.78 is 0. The first-order valence-corrected chi connectivity index (χ1v) is 5.38. The van der Waals surface area contributed by atoms with Crippen LogP contribution in [0.25, 0.3) is 0 Å². The third kappa shape index (κ3) is 3.64. The molecule has 14 heavy (non-hydrogen) atoms. The van der Waals surface area contributed by atoms with Crippen molar-refractivity contribution in [2.45, 2.75) is 57.6 Å². The molecule has 1 unspecified atom stereocenters. The number of carbonyl (C=O) groups is 1. The lowest BCUT2D eigenvalue weighted by molar-refractivity contribution is -0.146. The number of aliphatic carboxylic acids is 1. The van der Waals surface area contributed by atoms with E-state index in [-0.39, 0.29) is 6.10 Å². The van der Waals surface area contributed by atoms with Gasteiger partial charge in [0.1, 0.15) is 6.04 Å². The van der Waals surface area contributed by atoms with Crippen LogP contribution in [-0.4, -0.2) is 23.2 Å². The molecule has 0 spiro atoms. The number of hydrogen-bond acceptors (Lipinski definition) is 3. The van der Waals surface area contributed by atoms with Crippen molar-refractivity contribution in [2.75, 3.05) is 0 Å². The van der Waals surface area contributed by atoms with Crippen LogP contribution in [0.5, 0.6) is 0 Å². The van der Waals surface area contributed by atoms with Crippen molar-refractivity contribution in [3.8, 4) is 0 Å². The van der Waals surface area contributed by atoms with Crippen LogP contribution in [0.15, 0.2) is 0 Å². The molecule has 4 heteroatoms. The second kappa shape index (κ2) is 5.98. The van der Waals surface area contributed by atoms with Gasteiger partial charge in [-0.15, -0.1) is 0 Å². The molecule has 0 aromatic heterocycles. The van der Waals surface area contributed by atoms with Gasteiger partial charge in [0.2, 0.25) is 0 Å². The van der Waals surface area contributed by atoms with Gasteiger partial charge >= 0.3 is 5.97 Å². The minimum absolute atomic E-state index is 0.216. The first kappa shape index (κ1) is 11.5. The topological polar surface area (TPSA) is 58.6 Å². The Morgan fingerprint density at radius 2 is 2.21 bits per heavy atom. The summed E-state index contributed by atoms with van der Waals surface area (Å²) >= 11 is 0. The lowest BCUT2D eigenvalue weighted by atomic mass is 10.2. The fourth-order valence-electron chi connectivity index (χ4n) is 1.71. The van der Waals surface area contributed by atoms with Crippen LogP contribution in [0.4, 0.5) is 0 Å². The van der Waals surface area contributed by atoms with Crippen LogP contribution < -0.4 is 5.48 Å². The van der Waals surface area contributed by atoms with Gasteiger partial charge in [0, 0.05) is 0 Å². The zero-order chi connectivity index (χ0) is 10.4. The van der Waals surface area contributed by atoms with E-state index in [1.807, 2.05) is 6.92 Å². The molecule has 82 valence electrons. The molecule has 0 saturated heterocycles. The molecule has 1 aliphatic rings. The molecule has 0 heterocycles. The van der Waals surface area contributed by atoms with Crippen molar-refractivity contribution in [3.63, 3.8) is 0 Å². The third-order valence-electron chi connectivity index (χ3n) is 2.55. The number of hydrogen-bond donors (Lipinski definition) is 2. The summed E-state index contributed by atoms with van der Waals surface area (Å²) in [6.45, 7) is 1.97. The highest BCUT2D eigenvalue weighted by Gasteiger charge is 2.20. The Morgan fingerprint density at radius 3 is 2.71 bits per heavy atom. The van der Waals surface area contributed by atoms with E-state index in [1.165, 1.54) is 12.8 Å². The number of carboxylic acids is 1. The molecule has 0 bridgehead atoms. The predicted octanol–water partition coefficient (Wildman–Crippen LogP) is 1.70. The number of rotatable bonds is 6. The minimum atomic E-state index is -0.829. The Bertz CT molecular complexity index is 178. The van der Waals surface area contributed by atoms with E-state index < -0.39 is 12.0 Å². The van der Waals surface area contributed by atoms with E-state index in [9.17, 15) is 4.79 Å². The van der Waals surface area contributed by atoms with Crippen molar-refractivity contribution < 1.29 is 14.7 Å². The van der Waals surface area contributed by atoms with E-state index in [4.69, 9.17) is 9.94 Å². The SMILES string of the molecule is CCCC(NOC1CCCC1)C(=O)O. The highest BCUT2D eigenvalue weighted by atomic mass is 16.7. The average molecular weight is 201 g/mol. The summed E-state index contributed by atoms with van der Waals surface area (Å²) in [5, 5.41) is 8.84. The van der Waals surface area contributed by atoms with E-state index >= 15 is 0 Å². The second-order valence-electron chi connectivity index (χ2n) is 3.82. The second-order valence-corrected chi connectivity index (χ2v) is 3.82. The zero-order valence-electron chi connectivity index (χ0n) is 8.66. The standard InChI is InChI=1S/C10H19NO3/c1-2-5-9(10(12)13)11-14-8-6-3-4-7-8/h8-9,11H,2-7H2,1H3,(H,12,13). The van der Waals surface area contributed by atoms with Crippen molar-refractivity contribution in [1.82, 2.24) is 5.48 Å². The largest absolute Gasteiger partial charge is 0.480 e. The maximum Gasteiger partial charge on any atom is 0.323 e. The third-order valence-corrected chi connectivity index (χ3v) is 2.55. The molecule has 1 aliphatic carbocycles. The monoisotopic (exact) mass is 201 g/mol. The van der Waals surface area contributed by atoms with Crippen LogP contribution in [0.1, 0.15) is 45.4 Å². The van der Waals surface area contributed by atoms with Crippen molar-refractivity contribution in [1.29, 1.82) is 0 Å². The normalized spacial score (nSPS) is 19.8. The summed E-state index contributed by atoms with van der Waals surface area (Å²) in [6.07, 6.45) is 6.15. The molecular formula is C10H19NO3. The Morgan fingerprint density at radius 1 is 1.57 bits per heavy atom. The first-order valence-electron chi connectivity index (χ1n) is 5.38. The van der Waals surface area contributed by atoms with Crippen molar-refractivity contribution in [3.05, 3.63) is 0 Å². The average Bonchev–Trinajstić information content (AvgIpc) is 2.64. The van der Waals surface area contributed by atoms with Crippen molar-refractivity contribution in [2.24, 2.45) is 0 Å². The maximum absolute atomic E-state index is 10.8. The Hall–Kier alpha value is -0.610. The molecule has 1 atom stereocenters. The maximum atomic E-state index is 10.8. The molecule has 2 N–H and O–H groups in total. The molecule has 0 aromatic carbocycles. The van der Waals surface area contributed by atoms with Gasteiger partial charge in [-0.25, -0.2) is 0 Å². The number of hydroxylamine groups is 1. The van der Waals surface area contributed by atoms with E-state index in [0.717, 1.165) is 19.3 Å². The predicted molar refractivity (Wildman–Crippen MR) is 52.8 cm³/mol. The van der Waals surface area contributed by atoms with Crippen LogP contribution in [0.2, 0.25) is 0 Å². The lowest BCUT2D eigenvalue weighted by Crippen LogP contribution is -2.38. The molecule has 1 saturated carbocycles. The Labute approximate surface area is 84.6 Å². The van der Waals surface area contributed by atoms with E-state index in [1.54, 1.807) is 0 Å². The van der Waals surface area contributed by atoms with Gasteiger partial charge in [-0.05, 0) is 19.3 Å². The summed E-state index contributed by atoms with van der Waals surface area (Å²) in [7, 11) is 0. The number of nitrogens with one attached hydrogen (secondary N) is 1. The lowest BCUT2D eigenvalue weighted by Gasteiger charge is -2.16. The molecule has 1 fully saturated rings. The summed E-state index contributed by atoms with van der Waals surface area (Å²) in [5.41, 5.74) is 2.66. The summed E-state index contributed by atoms with van der Waals surface area (Å²) in [4.78, 5) is 16.1. The number of carboxylic acid groups (broad SMARTS) is 1. The Balaban J connectivity index is 2.21. The fourth-order valence-corrected chi connectivity index (χ4v) is 1.71. The van der Waals surface area contributed by atoms with Gasteiger partial charge in [0.15, 0.2) is 0 Å². The zero-order valence-corrected chi connectivity index (χ0v) is 8.66. The van der Waals surface area contributed by atoms with Crippen LogP contribution >= 0.6 is 0 Å². The van der Waals surface area contributed by atoms with Gasteiger partial charge < -0.3 is 5.11 Å². The van der Waals surface area contributed by atoms with Gasteiger partial charge in [-0.2, -0.15) is 5.48 Å². The van der Waals surface area contributed by atoms with Gasteiger partial charge in [0.25, 0.3) is 0 Å². The smallest absolute Gasteiger partial charge is 0.323 e. The Kier molecular flexibility index (Phi) is 4.90. The molecule has 0 aromatic rings. The molecule has 4 nitrogen and oxygen atoms in total. The van der Waals surface area contributed by atoms with Gasteiger partial charge in [0.05, 0.1) is 6.10 Å².